The summed E-state index contributed by atoms with van der Waals surface area (Å²) in [6.07, 6.45) is 14.3. The Morgan fingerprint density at radius 2 is 2.07 bits per heavy atom. The second-order valence-electron chi connectivity index (χ2n) is 7.54. The van der Waals surface area contributed by atoms with Crippen molar-refractivity contribution in [3.8, 4) is 0 Å². The Balaban J connectivity index is 2.26. The number of nitrogens with zero attached hydrogens (tertiary/aromatic N) is 1. The van der Waals surface area contributed by atoms with E-state index in [4.69, 9.17) is 5.11 Å². The molecule has 2 N–H and O–H groups in total. The summed E-state index contributed by atoms with van der Waals surface area (Å²) < 4.78 is 14.1. The maximum Gasteiger partial charge on any atom is 0.335 e. The number of hydrogen-bond donors (Lipinski definition) is 2. The van der Waals surface area contributed by atoms with Gasteiger partial charge in [-0.05, 0) is 61.0 Å². The molecule has 0 fully saturated rings. The van der Waals surface area contributed by atoms with Crippen LogP contribution in [0.5, 0.6) is 0 Å². The van der Waals surface area contributed by atoms with Gasteiger partial charge in [0, 0.05) is 5.56 Å². The molecule has 1 aromatic carbocycles. The zero-order chi connectivity index (χ0) is 19.9. The zero-order valence-corrected chi connectivity index (χ0v) is 15.8. The molecule has 0 radical (unpaired) electrons. The monoisotopic (exact) mass is 371 g/mol. The van der Waals surface area contributed by atoms with E-state index in [-0.39, 0.29) is 16.5 Å². The molecule has 0 spiro atoms. The first-order chi connectivity index (χ1) is 12.8. The van der Waals surface area contributed by atoms with Crippen LogP contribution in [0.1, 0.15) is 61.9 Å². The first-order valence-electron chi connectivity index (χ1n) is 9.12. The van der Waals surface area contributed by atoms with E-state index >= 15 is 0 Å². The molecule has 0 saturated heterocycles. The van der Waals surface area contributed by atoms with Crippen LogP contribution in [-0.2, 0) is 0 Å². The highest BCUT2D eigenvalue weighted by Crippen LogP contribution is 2.30. The normalized spacial score (nSPS) is 21.4. The predicted octanol–water partition coefficient (Wildman–Crippen LogP) is 5.84. The number of hydrogen-bond acceptors (Lipinski definition) is 3. The Labute approximate surface area is 159 Å². The van der Waals surface area contributed by atoms with Crippen molar-refractivity contribution >= 4 is 17.8 Å². The number of oxime groups is 1. The van der Waals surface area contributed by atoms with Gasteiger partial charge in [0.25, 0.3) is 0 Å². The number of carboxylic acids is 1. The molecule has 1 aliphatic carbocycles. The van der Waals surface area contributed by atoms with Gasteiger partial charge < -0.3 is 10.3 Å². The van der Waals surface area contributed by atoms with E-state index in [0.717, 1.165) is 37.3 Å². The molecule has 0 unspecified atom stereocenters. The molecule has 0 atom stereocenters. The fourth-order valence-electron chi connectivity index (χ4n) is 2.97. The lowest BCUT2D eigenvalue weighted by Crippen LogP contribution is -2.11. The minimum Gasteiger partial charge on any atom is -0.478 e. The summed E-state index contributed by atoms with van der Waals surface area (Å²) in [5.74, 6) is -1.82. The van der Waals surface area contributed by atoms with Crippen molar-refractivity contribution < 1.29 is 19.5 Å². The van der Waals surface area contributed by atoms with Crippen molar-refractivity contribution in [2.75, 3.05) is 0 Å². The van der Waals surface area contributed by atoms with E-state index in [9.17, 15) is 14.4 Å². The maximum absolute atomic E-state index is 14.1. The summed E-state index contributed by atoms with van der Waals surface area (Å²) >= 11 is 0. The van der Waals surface area contributed by atoms with Gasteiger partial charge in [0.1, 0.15) is 11.5 Å². The molecule has 1 aliphatic rings. The fraction of sp³-hybridized carbons (Fsp3) is 0.364. The maximum atomic E-state index is 14.1. The molecule has 0 aromatic heterocycles. The summed E-state index contributed by atoms with van der Waals surface area (Å²) in [5.41, 5.74) is 1.40. The number of halogens is 1. The first-order valence-corrected chi connectivity index (χ1v) is 9.12. The van der Waals surface area contributed by atoms with Crippen molar-refractivity contribution in [3.63, 3.8) is 0 Å². The van der Waals surface area contributed by atoms with Gasteiger partial charge in [0.2, 0.25) is 0 Å². The van der Waals surface area contributed by atoms with Crippen molar-refractivity contribution in [2.45, 2.75) is 46.0 Å². The lowest BCUT2D eigenvalue weighted by atomic mass is 9.82. The SMILES string of the molecule is CC1(C)C/C=C(C(/C=C/c2ccc(C(=O)O)cc2F)=N\O)\C=C/CCCC1. The quantitative estimate of drug-likeness (QED) is 0.397. The Kier molecular flexibility index (Phi) is 7.11. The average molecular weight is 371 g/mol. The molecular formula is C22H26FNO3. The van der Waals surface area contributed by atoms with Gasteiger partial charge in [-0.2, -0.15) is 0 Å². The predicted molar refractivity (Wildman–Crippen MR) is 106 cm³/mol. The van der Waals surface area contributed by atoms with Crippen molar-refractivity contribution in [2.24, 2.45) is 10.6 Å². The third-order valence-electron chi connectivity index (χ3n) is 4.72. The number of rotatable bonds is 4. The Morgan fingerprint density at radius 3 is 2.74 bits per heavy atom. The van der Waals surface area contributed by atoms with Crippen LogP contribution in [0, 0.1) is 11.2 Å². The molecule has 0 amide bonds. The number of aromatic carboxylic acids is 1. The zero-order valence-electron chi connectivity index (χ0n) is 15.8. The third kappa shape index (κ3) is 6.20. The number of benzene rings is 1. The molecule has 144 valence electrons. The molecule has 5 heteroatoms. The highest BCUT2D eigenvalue weighted by atomic mass is 19.1. The summed E-state index contributed by atoms with van der Waals surface area (Å²) in [4.78, 5) is 10.9. The number of allylic oxidation sites excluding steroid dienone is 5. The molecule has 4 nitrogen and oxygen atoms in total. The molecule has 0 aliphatic heterocycles. The molecule has 27 heavy (non-hydrogen) atoms. The van der Waals surface area contributed by atoms with E-state index in [1.807, 2.05) is 12.2 Å². The van der Waals surface area contributed by atoms with Crippen LogP contribution < -0.4 is 0 Å². The average Bonchev–Trinajstić information content (AvgIpc) is 2.62. The molecule has 2 rings (SSSR count). The second kappa shape index (κ2) is 9.31. The minimum absolute atomic E-state index is 0.110. The molecule has 0 bridgehead atoms. The van der Waals surface area contributed by atoms with Gasteiger partial charge in [0.05, 0.1) is 5.56 Å². The van der Waals surface area contributed by atoms with Gasteiger partial charge in [-0.3, -0.25) is 0 Å². The van der Waals surface area contributed by atoms with E-state index < -0.39 is 11.8 Å². The van der Waals surface area contributed by atoms with Crippen LogP contribution in [-0.4, -0.2) is 22.0 Å². The minimum atomic E-state index is -1.18. The lowest BCUT2D eigenvalue weighted by Gasteiger charge is -2.23. The van der Waals surface area contributed by atoms with Gasteiger partial charge >= 0.3 is 5.97 Å². The summed E-state index contributed by atoms with van der Waals surface area (Å²) in [6, 6.07) is 3.71. The first kappa shape index (κ1) is 20.6. The highest BCUT2D eigenvalue weighted by Gasteiger charge is 2.17. The summed E-state index contributed by atoms with van der Waals surface area (Å²) in [7, 11) is 0. The van der Waals surface area contributed by atoms with E-state index in [1.165, 1.54) is 30.7 Å². The molecular weight excluding hydrogens is 345 g/mol. The molecule has 0 saturated carbocycles. The van der Waals surface area contributed by atoms with Crippen molar-refractivity contribution in [3.05, 3.63) is 65.0 Å². The summed E-state index contributed by atoms with van der Waals surface area (Å²) in [5, 5.41) is 21.7. The van der Waals surface area contributed by atoms with Crippen LogP contribution >= 0.6 is 0 Å². The Bertz CT molecular complexity index is 804. The number of carbonyl (C=O) groups is 1. The van der Waals surface area contributed by atoms with Crippen LogP contribution in [0.25, 0.3) is 6.08 Å². The Morgan fingerprint density at radius 1 is 1.30 bits per heavy atom. The van der Waals surface area contributed by atoms with Crippen molar-refractivity contribution in [1.29, 1.82) is 0 Å². The van der Waals surface area contributed by atoms with Gasteiger partial charge in [-0.25, -0.2) is 9.18 Å². The van der Waals surface area contributed by atoms with Crippen molar-refractivity contribution in [1.82, 2.24) is 0 Å². The highest BCUT2D eigenvalue weighted by molar-refractivity contribution is 6.12. The van der Waals surface area contributed by atoms with Crippen LogP contribution in [0.4, 0.5) is 4.39 Å². The lowest BCUT2D eigenvalue weighted by molar-refractivity contribution is 0.0696. The summed E-state index contributed by atoms with van der Waals surface area (Å²) in [6.45, 7) is 4.44. The van der Waals surface area contributed by atoms with E-state index in [2.05, 4.69) is 25.1 Å². The third-order valence-corrected chi connectivity index (χ3v) is 4.72. The molecule has 0 heterocycles. The van der Waals surface area contributed by atoms with Crippen LogP contribution in [0.3, 0.4) is 0 Å². The fourth-order valence-corrected chi connectivity index (χ4v) is 2.97. The van der Waals surface area contributed by atoms with E-state index in [0.29, 0.717) is 5.71 Å². The van der Waals surface area contributed by atoms with Crippen LogP contribution in [0.2, 0.25) is 0 Å². The van der Waals surface area contributed by atoms with Gasteiger partial charge in [-0.15, -0.1) is 0 Å². The van der Waals surface area contributed by atoms with E-state index in [1.54, 1.807) is 0 Å². The second-order valence-corrected chi connectivity index (χ2v) is 7.54. The topological polar surface area (TPSA) is 69.9 Å². The smallest absolute Gasteiger partial charge is 0.335 e. The largest absolute Gasteiger partial charge is 0.478 e. The van der Waals surface area contributed by atoms with Crippen LogP contribution in [0.15, 0.2) is 53.2 Å². The molecule has 1 aromatic rings. The standard InChI is InChI=1S/C22H26FNO3/c1-22(2)13-6-4-3-5-7-17(12-14-22)20(24-27)11-10-16-8-9-18(21(25)26)15-19(16)23/h5,7-12,15,27H,3-4,6,13-14H2,1-2H3,(H,25,26)/b7-5-,11-10+,17-12+,24-20-. The van der Waals surface area contributed by atoms with Gasteiger partial charge in [0.15, 0.2) is 0 Å². The number of carboxylic acid groups (broad SMARTS) is 1. The van der Waals surface area contributed by atoms with Gasteiger partial charge in [-0.1, -0.05) is 49.7 Å². The Hall–Kier alpha value is -2.69.